The number of nitrogens with one attached hydrogen (secondary N) is 3. The lowest BCUT2D eigenvalue weighted by atomic mass is 9.85. The van der Waals surface area contributed by atoms with Crippen molar-refractivity contribution in [2.75, 3.05) is 19.6 Å². The van der Waals surface area contributed by atoms with Crippen molar-refractivity contribution in [2.45, 2.75) is 64.3 Å². The Morgan fingerprint density at radius 2 is 1.81 bits per heavy atom. The molecule has 0 bridgehead atoms. The number of benzene rings is 1. The zero-order valence-corrected chi connectivity index (χ0v) is 19.2. The van der Waals surface area contributed by atoms with Gasteiger partial charge in [-0.15, -0.1) is 24.0 Å². The van der Waals surface area contributed by atoms with Crippen LogP contribution in [0.2, 0.25) is 0 Å². The molecular formula is C21H35IN4O. The molecule has 0 heterocycles. The number of guanidine groups is 1. The highest BCUT2D eigenvalue weighted by molar-refractivity contribution is 14.0. The summed E-state index contributed by atoms with van der Waals surface area (Å²) in [5.41, 5.74) is 1.24. The van der Waals surface area contributed by atoms with Gasteiger partial charge in [-0.3, -0.25) is 9.79 Å². The third-order valence-electron chi connectivity index (χ3n) is 4.90. The van der Waals surface area contributed by atoms with E-state index in [1.807, 2.05) is 13.0 Å². The lowest BCUT2D eigenvalue weighted by Gasteiger charge is -2.24. The molecule has 5 nitrogen and oxygen atoms in total. The fourth-order valence-corrected chi connectivity index (χ4v) is 3.26. The molecule has 1 aliphatic rings. The highest BCUT2D eigenvalue weighted by atomic mass is 127. The van der Waals surface area contributed by atoms with E-state index in [0.29, 0.717) is 25.6 Å². The fourth-order valence-electron chi connectivity index (χ4n) is 3.26. The second-order valence-corrected chi connectivity index (χ2v) is 7.67. The number of hydrogen-bond acceptors (Lipinski definition) is 2. The Hall–Kier alpha value is -1.31. The molecule has 1 aromatic rings. The van der Waals surface area contributed by atoms with E-state index in [1.54, 1.807) is 0 Å². The van der Waals surface area contributed by atoms with Gasteiger partial charge in [0.1, 0.15) is 0 Å². The van der Waals surface area contributed by atoms with Gasteiger partial charge < -0.3 is 16.0 Å². The van der Waals surface area contributed by atoms with Crippen LogP contribution in [-0.2, 0) is 10.2 Å². The molecule has 6 heteroatoms. The SMILES string of the molecule is CCNC(=NCC(C)(C)c1ccccc1)NCCC(=O)NC1CCCC1.I. The Morgan fingerprint density at radius 3 is 2.44 bits per heavy atom. The summed E-state index contributed by atoms with van der Waals surface area (Å²) >= 11 is 0. The molecule has 1 aliphatic carbocycles. The molecule has 3 N–H and O–H groups in total. The molecule has 0 radical (unpaired) electrons. The van der Waals surface area contributed by atoms with E-state index in [9.17, 15) is 4.79 Å². The van der Waals surface area contributed by atoms with E-state index in [-0.39, 0.29) is 35.3 Å². The molecule has 0 spiro atoms. The maximum absolute atomic E-state index is 12.0. The van der Waals surface area contributed by atoms with Crippen molar-refractivity contribution in [1.82, 2.24) is 16.0 Å². The van der Waals surface area contributed by atoms with Gasteiger partial charge in [-0.05, 0) is 25.3 Å². The van der Waals surface area contributed by atoms with Crippen molar-refractivity contribution in [3.05, 3.63) is 35.9 Å². The first kappa shape index (κ1) is 23.7. The Bertz CT molecular complexity index is 583. The van der Waals surface area contributed by atoms with Gasteiger partial charge in [0.15, 0.2) is 5.96 Å². The first-order valence-corrected chi connectivity index (χ1v) is 9.88. The number of rotatable bonds is 8. The number of amides is 1. The van der Waals surface area contributed by atoms with E-state index in [4.69, 9.17) is 4.99 Å². The Labute approximate surface area is 181 Å². The van der Waals surface area contributed by atoms with Crippen molar-refractivity contribution >= 4 is 35.8 Å². The average Bonchev–Trinajstić information content (AvgIpc) is 3.13. The number of carbonyl (C=O) groups is 1. The number of halogens is 1. The van der Waals surface area contributed by atoms with Crippen LogP contribution >= 0.6 is 24.0 Å². The van der Waals surface area contributed by atoms with Crippen molar-refractivity contribution in [2.24, 2.45) is 4.99 Å². The number of hydrogen-bond donors (Lipinski definition) is 3. The summed E-state index contributed by atoms with van der Waals surface area (Å²) in [5.74, 6) is 0.898. The van der Waals surface area contributed by atoms with Crippen LogP contribution in [0, 0.1) is 0 Å². The van der Waals surface area contributed by atoms with Crippen LogP contribution < -0.4 is 16.0 Å². The minimum atomic E-state index is -0.0382. The first-order chi connectivity index (χ1) is 12.5. The molecule has 0 unspecified atom stereocenters. The summed E-state index contributed by atoms with van der Waals surface area (Å²) in [6.07, 6.45) is 5.19. The quantitative estimate of drug-likeness (QED) is 0.299. The van der Waals surface area contributed by atoms with E-state index < -0.39 is 0 Å². The van der Waals surface area contributed by atoms with Crippen LogP contribution in [0.25, 0.3) is 0 Å². The van der Waals surface area contributed by atoms with Crippen LogP contribution in [0.1, 0.15) is 58.4 Å². The molecule has 2 rings (SSSR count). The molecule has 0 aliphatic heterocycles. The Balaban J connectivity index is 0.00000364. The average molecular weight is 486 g/mol. The van der Waals surface area contributed by atoms with Crippen LogP contribution in [-0.4, -0.2) is 37.5 Å². The highest BCUT2D eigenvalue weighted by Gasteiger charge is 2.20. The van der Waals surface area contributed by atoms with Crippen LogP contribution in [0.5, 0.6) is 0 Å². The molecular weight excluding hydrogens is 451 g/mol. The van der Waals surface area contributed by atoms with Gasteiger partial charge in [0, 0.05) is 31.0 Å². The lowest BCUT2D eigenvalue weighted by Crippen LogP contribution is -2.41. The largest absolute Gasteiger partial charge is 0.357 e. The standard InChI is InChI=1S/C21H34N4O.HI/c1-4-22-20(23-15-14-19(26)25-18-12-8-9-13-18)24-16-21(2,3)17-10-6-5-7-11-17;/h5-7,10-11,18H,4,8-9,12-16H2,1-3H3,(H,25,26)(H2,22,23,24);1H. The van der Waals surface area contributed by atoms with Gasteiger partial charge in [-0.2, -0.15) is 0 Å². The molecule has 1 amide bonds. The summed E-state index contributed by atoms with van der Waals surface area (Å²) < 4.78 is 0. The predicted molar refractivity (Wildman–Crippen MR) is 124 cm³/mol. The van der Waals surface area contributed by atoms with Gasteiger partial charge in [0.05, 0.1) is 6.54 Å². The molecule has 1 aromatic carbocycles. The van der Waals surface area contributed by atoms with E-state index in [0.717, 1.165) is 25.3 Å². The van der Waals surface area contributed by atoms with Crippen molar-refractivity contribution in [1.29, 1.82) is 0 Å². The van der Waals surface area contributed by atoms with Crippen LogP contribution in [0.15, 0.2) is 35.3 Å². The van der Waals surface area contributed by atoms with Crippen molar-refractivity contribution in [3.8, 4) is 0 Å². The zero-order chi connectivity index (χ0) is 18.8. The maximum Gasteiger partial charge on any atom is 0.221 e. The van der Waals surface area contributed by atoms with Gasteiger partial charge in [0.25, 0.3) is 0 Å². The number of carbonyl (C=O) groups excluding carboxylic acids is 1. The summed E-state index contributed by atoms with van der Waals surface area (Å²) in [6.45, 7) is 8.52. The fraction of sp³-hybridized carbons (Fsp3) is 0.619. The van der Waals surface area contributed by atoms with Crippen molar-refractivity contribution in [3.63, 3.8) is 0 Å². The van der Waals surface area contributed by atoms with Gasteiger partial charge in [-0.1, -0.05) is 57.0 Å². The molecule has 1 fully saturated rings. The van der Waals surface area contributed by atoms with Gasteiger partial charge >= 0.3 is 0 Å². The van der Waals surface area contributed by atoms with E-state index >= 15 is 0 Å². The normalized spacial score (nSPS) is 15.1. The maximum atomic E-state index is 12.0. The molecule has 0 saturated heterocycles. The predicted octanol–water partition coefficient (Wildman–Crippen LogP) is 3.59. The zero-order valence-electron chi connectivity index (χ0n) is 16.9. The summed E-state index contributed by atoms with van der Waals surface area (Å²) in [5, 5.41) is 9.66. The van der Waals surface area contributed by atoms with Gasteiger partial charge in [-0.25, -0.2) is 0 Å². The van der Waals surface area contributed by atoms with Gasteiger partial charge in [0.2, 0.25) is 5.91 Å². The second kappa shape index (κ2) is 12.2. The summed E-state index contributed by atoms with van der Waals surface area (Å²) in [4.78, 5) is 16.8. The number of nitrogens with zero attached hydrogens (tertiary/aromatic N) is 1. The monoisotopic (exact) mass is 486 g/mol. The molecule has 152 valence electrons. The smallest absolute Gasteiger partial charge is 0.221 e. The Morgan fingerprint density at radius 1 is 1.15 bits per heavy atom. The minimum Gasteiger partial charge on any atom is -0.357 e. The number of aliphatic imine (C=N–C) groups is 1. The molecule has 1 saturated carbocycles. The minimum absolute atomic E-state index is 0. The van der Waals surface area contributed by atoms with Crippen LogP contribution in [0.4, 0.5) is 0 Å². The molecule has 27 heavy (non-hydrogen) atoms. The first-order valence-electron chi connectivity index (χ1n) is 9.88. The van der Waals surface area contributed by atoms with Crippen LogP contribution in [0.3, 0.4) is 0 Å². The van der Waals surface area contributed by atoms with Crippen molar-refractivity contribution < 1.29 is 4.79 Å². The molecule has 0 atom stereocenters. The third-order valence-corrected chi connectivity index (χ3v) is 4.90. The Kier molecular flexibility index (Phi) is 10.7. The third kappa shape index (κ3) is 8.49. The summed E-state index contributed by atoms with van der Waals surface area (Å²) in [6, 6.07) is 10.8. The van der Waals surface area contributed by atoms with E-state index in [1.165, 1.54) is 18.4 Å². The summed E-state index contributed by atoms with van der Waals surface area (Å²) in [7, 11) is 0. The lowest BCUT2D eigenvalue weighted by molar-refractivity contribution is -0.121. The van der Waals surface area contributed by atoms with E-state index in [2.05, 4.69) is 54.1 Å². The topological polar surface area (TPSA) is 65.5 Å². The second-order valence-electron chi connectivity index (χ2n) is 7.67. The molecule has 0 aromatic heterocycles. The highest BCUT2D eigenvalue weighted by Crippen LogP contribution is 2.23.